The predicted octanol–water partition coefficient (Wildman–Crippen LogP) is 3.04. The normalized spacial score (nSPS) is 16.1. The second-order valence-electron chi connectivity index (χ2n) is 6.28. The highest BCUT2D eigenvalue weighted by molar-refractivity contribution is 7.89. The molecular weight excluding hydrogens is 324 g/mol. The quantitative estimate of drug-likeness (QED) is 0.791. The van der Waals surface area contributed by atoms with Crippen molar-refractivity contribution in [2.45, 2.75) is 51.9 Å². The third-order valence-electron chi connectivity index (χ3n) is 4.81. The molecule has 1 aromatic rings. The maximum absolute atomic E-state index is 12.7. The van der Waals surface area contributed by atoms with E-state index >= 15 is 0 Å². The minimum atomic E-state index is -3.46. The number of fused-ring (bicyclic) bond motifs is 1. The molecule has 0 N–H and O–H groups in total. The number of sulfonamides is 1. The summed E-state index contributed by atoms with van der Waals surface area (Å²) in [5, 5.41) is 0. The van der Waals surface area contributed by atoms with Gasteiger partial charge in [0.2, 0.25) is 15.9 Å². The topological polar surface area (TPSA) is 57.7 Å². The zero-order valence-corrected chi connectivity index (χ0v) is 15.9. The Morgan fingerprint density at radius 1 is 1.25 bits per heavy atom. The van der Waals surface area contributed by atoms with Crippen LogP contribution in [0, 0.1) is 5.92 Å². The Morgan fingerprint density at radius 2 is 1.92 bits per heavy atom. The standard InChI is InChI=1S/C18H28N2O3S/c1-5-14(4)18(21)20-12-8-9-15-13-16(10-11-17(15)20)24(22,23)19(6-2)7-3/h10-11,13-14H,5-9,12H2,1-4H3. The molecule has 1 atom stereocenters. The molecule has 0 bridgehead atoms. The van der Waals surface area contributed by atoms with E-state index < -0.39 is 10.0 Å². The molecule has 0 aliphatic carbocycles. The van der Waals surface area contributed by atoms with Gasteiger partial charge in [0.1, 0.15) is 0 Å². The van der Waals surface area contributed by atoms with Gasteiger partial charge in [0, 0.05) is 31.2 Å². The van der Waals surface area contributed by atoms with Crippen LogP contribution in [-0.4, -0.2) is 38.3 Å². The zero-order chi connectivity index (χ0) is 17.9. The van der Waals surface area contributed by atoms with Gasteiger partial charge in [-0.15, -0.1) is 0 Å². The highest BCUT2D eigenvalue weighted by Gasteiger charge is 2.28. The summed E-state index contributed by atoms with van der Waals surface area (Å²) in [6.07, 6.45) is 2.48. The lowest BCUT2D eigenvalue weighted by atomic mass is 9.99. The summed E-state index contributed by atoms with van der Waals surface area (Å²) in [7, 11) is -3.46. The van der Waals surface area contributed by atoms with Gasteiger partial charge in [0.25, 0.3) is 0 Å². The minimum Gasteiger partial charge on any atom is -0.312 e. The van der Waals surface area contributed by atoms with E-state index in [-0.39, 0.29) is 11.8 Å². The number of carbonyl (C=O) groups is 1. The lowest BCUT2D eigenvalue weighted by Gasteiger charge is -2.32. The number of nitrogens with zero attached hydrogens (tertiary/aromatic N) is 2. The molecule has 0 spiro atoms. The van der Waals surface area contributed by atoms with E-state index in [1.54, 1.807) is 18.2 Å². The summed E-state index contributed by atoms with van der Waals surface area (Å²) in [6.45, 7) is 9.24. The highest BCUT2D eigenvalue weighted by Crippen LogP contribution is 2.31. The Hall–Kier alpha value is -1.40. The average molecular weight is 353 g/mol. The SMILES string of the molecule is CCC(C)C(=O)N1CCCc2cc(S(=O)(=O)N(CC)CC)ccc21. The van der Waals surface area contributed by atoms with Crippen LogP contribution in [0.25, 0.3) is 0 Å². The van der Waals surface area contributed by atoms with Crippen molar-refractivity contribution in [2.75, 3.05) is 24.5 Å². The number of anilines is 1. The Morgan fingerprint density at radius 3 is 2.50 bits per heavy atom. The molecule has 6 heteroatoms. The summed E-state index contributed by atoms with van der Waals surface area (Å²) in [5.74, 6) is 0.104. The Kier molecular flexibility index (Phi) is 6.04. The van der Waals surface area contributed by atoms with Gasteiger partial charge >= 0.3 is 0 Å². The minimum absolute atomic E-state index is 0.0185. The van der Waals surface area contributed by atoms with Crippen molar-refractivity contribution >= 4 is 21.6 Å². The molecule has 1 aliphatic rings. The van der Waals surface area contributed by atoms with Crippen LogP contribution in [0.15, 0.2) is 23.1 Å². The number of amides is 1. The van der Waals surface area contributed by atoms with Crippen molar-refractivity contribution in [3.63, 3.8) is 0 Å². The maximum atomic E-state index is 12.7. The summed E-state index contributed by atoms with van der Waals surface area (Å²) in [6, 6.07) is 5.18. The van der Waals surface area contributed by atoms with Gasteiger partial charge in [-0.3, -0.25) is 4.79 Å². The van der Waals surface area contributed by atoms with E-state index in [9.17, 15) is 13.2 Å². The van der Waals surface area contributed by atoms with Crippen LogP contribution in [0.1, 0.15) is 46.1 Å². The fraction of sp³-hybridized carbons (Fsp3) is 0.611. The smallest absolute Gasteiger partial charge is 0.243 e. The molecule has 1 aromatic carbocycles. The largest absolute Gasteiger partial charge is 0.312 e. The molecular formula is C18H28N2O3S. The summed E-state index contributed by atoms with van der Waals surface area (Å²) < 4.78 is 26.8. The van der Waals surface area contributed by atoms with Crippen molar-refractivity contribution in [3.05, 3.63) is 23.8 Å². The lowest BCUT2D eigenvalue weighted by molar-refractivity contribution is -0.122. The van der Waals surface area contributed by atoms with Crippen LogP contribution in [-0.2, 0) is 21.2 Å². The molecule has 134 valence electrons. The van der Waals surface area contributed by atoms with E-state index in [1.165, 1.54) is 4.31 Å². The van der Waals surface area contributed by atoms with Crippen LogP contribution in [0.2, 0.25) is 0 Å². The zero-order valence-electron chi connectivity index (χ0n) is 15.1. The number of rotatable bonds is 6. The first-order valence-corrected chi connectivity index (χ1v) is 10.2. The van der Waals surface area contributed by atoms with Gasteiger partial charge in [0.15, 0.2) is 0 Å². The van der Waals surface area contributed by atoms with Gasteiger partial charge in [-0.05, 0) is 43.0 Å². The third-order valence-corrected chi connectivity index (χ3v) is 6.86. The Labute approximate surface area is 145 Å². The Balaban J connectivity index is 2.40. The van der Waals surface area contributed by atoms with Crippen LogP contribution >= 0.6 is 0 Å². The molecule has 5 nitrogen and oxygen atoms in total. The Bertz CT molecular complexity index is 696. The predicted molar refractivity (Wildman–Crippen MR) is 96.7 cm³/mol. The number of aryl methyl sites for hydroxylation is 1. The first-order valence-electron chi connectivity index (χ1n) is 8.81. The van der Waals surface area contributed by atoms with Crippen LogP contribution in [0.3, 0.4) is 0 Å². The maximum Gasteiger partial charge on any atom is 0.243 e. The monoisotopic (exact) mass is 352 g/mol. The summed E-state index contributed by atoms with van der Waals surface area (Å²) >= 11 is 0. The van der Waals surface area contributed by atoms with Crippen LogP contribution < -0.4 is 4.90 Å². The summed E-state index contributed by atoms with van der Waals surface area (Å²) in [5.41, 5.74) is 1.82. The fourth-order valence-electron chi connectivity index (χ4n) is 3.12. The van der Waals surface area contributed by atoms with Crippen molar-refractivity contribution in [1.82, 2.24) is 4.31 Å². The summed E-state index contributed by atoms with van der Waals surface area (Å²) in [4.78, 5) is 14.7. The van der Waals surface area contributed by atoms with E-state index in [1.807, 2.05) is 32.6 Å². The molecule has 24 heavy (non-hydrogen) atoms. The van der Waals surface area contributed by atoms with E-state index in [4.69, 9.17) is 0 Å². The lowest BCUT2D eigenvalue weighted by Crippen LogP contribution is -2.39. The molecule has 0 aromatic heterocycles. The number of benzene rings is 1. The van der Waals surface area contributed by atoms with Gasteiger partial charge in [0.05, 0.1) is 4.90 Å². The second kappa shape index (κ2) is 7.66. The molecule has 0 saturated carbocycles. The first kappa shape index (κ1) is 18.9. The molecule has 2 rings (SSSR count). The van der Waals surface area contributed by atoms with Crippen molar-refractivity contribution in [1.29, 1.82) is 0 Å². The van der Waals surface area contributed by atoms with Gasteiger partial charge < -0.3 is 4.90 Å². The van der Waals surface area contributed by atoms with Crippen molar-refractivity contribution in [3.8, 4) is 0 Å². The number of hydrogen-bond donors (Lipinski definition) is 0. The van der Waals surface area contributed by atoms with E-state index in [2.05, 4.69) is 0 Å². The van der Waals surface area contributed by atoms with Crippen molar-refractivity contribution < 1.29 is 13.2 Å². The van der Waals surface area contributed by atoms with Gasteiger partial charge in [-0.2, -0.15) is 4.31 Å². The molecule has 1 amide bonds. The molecule has 0 radical (unpaired) electrons. The number of hydrogen-bond acceptors (Lipinski definition) is 3. The van der Waals surface area contributed by atoms with E-state index in [0.717, 1.165) is 30.5 Å². The molecule has 1 aliphatic heterocycles. The highest BCUT2D eigenvalue weighted by atomic mass is 32.2. The first-order chi connectivity index (χ1) is 11.4. The molecule has 1 heterocycles. The molecule has 1 unspecified atom stereocenters. The van der Waals surface area contributed by atoms with Crippen LogP contribution in [0.4, 0.5) is 5.69 Å². The average Bonchev–Trinajstić information content (AvgIpc) is 2.60. The van der Waals surface area contributed by atoms with Crippen LogP contribution in [0.5, 0.6) is 0 Å². The van der Waals surface area contributed by atoms with E-state index in [0.29, 0.717) is 24.5 Å². The van der Waals surface area contributed by atoms with Gasteiger partial charge in [-0.25, -0.2) is 8.42 Å². The van der Waals surface area contributed by atoms with Gasteiger partial charge in [-0.1, -0.05) is 27.7 Å². The number of carbonyl (C=O) groups excluding carboxylic acids is 1. The second-order valence-corrected chi connectivity index (χ2v) is 8.22. The molecule has 0 fully saturated rings. The van der Waals surface area contributed by atoms with Crippen molar-refractivity contribution in [2.24, 2.45) is 5.92 Å². The molecule has 0 saturated heterocycles. The fourth-order valence-corrected chi connectivity index (χ4v) is 4.63. The third kappa shape index (κ3) is 3.49.